The molecule has 0 bridgehead atoms. The Balaban J connectivity index is 2.29. The second-order valence-corrected chi connectivity index (χ2v) is 5.42. The average Bonchev–Trinajstić information content (AvgIpc) is 2.39. The van der Waals surface area contributed by atoms with E-state index in [1.165, 1.54) is 18.2 Å². The molecule has 0 fully saturated rings. The van der Waals surface area contributed by atoms with Crippen molar-refractivity contribution in [2.45, 2.75) is 4.90 Å². The summed E-state index contributed by atoms with van der Waals surface area (Å²) in [6, 6.07) is 7.29. The van der Waals surface area contributed by atoms with Crippen molar-refractivity contribution in [1.29, 1.82) is 0 Å². The first kappa shape index (κ1) is 13.9. The second-order valence-electron chi connectivity index (χ2n) is 3.77. The molecule has 1 aromatic heterocycles. The van der Waals surface area contributed by atoms with E-state index >= 15 is 0 Å². The highest BCUT2D eigenvalue weighted by Gasteiger charge is 2.18. The monoisotopic (exact) mass is 296 g/mol. The zero-order valence-electron chi connectivity index (χ0n) is 9.95. The lowest BCUT2D eigenvalue weighted by molar-refractivity contribution is 0.0690. The predicted molar refractivity (Wildman–Crippen MR) is 68.4 cm³/mol. The molecule has 20 heavy (non-hydrogen) atoms. The van der Waals surface area contributed by atoms with E-state index in [2.05, 4.69) is 9.71 Å². The van der Waals surface area contributed by atoms with E-state index in [4.69, 9.17) is 5.11 Å². The molecule has 0 aliphatic heterocycles. The normalized spacial score (nSPS) is 11.1. The summed E-state index contributed by atoms with van der Waals surface area (Å²) in [5, 5.41) is 8.67. The molecular formula is C12H9FN2O4S. The van der Waals surface area contributed by atoms with Crippen LogP contribution in [0.15, 0.2) is 47.5 Å². The number of benzene rings is 1. The van der Waals surface area contributed by atoms with Crippen molar-refractivity contribution in [3.05, 3.63) is 54.1 Å². The van der Waals surface area contributed by atoms with Gasteiger partial charge in [0.15, 0.2) is 0 Å². The van der Waals surface area contributed by atoms with Crippen molar-refractivity contribution in [2.24, 2.45) is 0 Å². The Morgan fingerprint density at radius 3 is 2.45 bits per heavy atom. The number of anilines is 1. The molecule has 0 aliphatic rings. The van der Waals surface area contributed by atoms with E-state index in [1.807, 2.05) is 0 Å². The van der Waals surface area contributed by atoms with Crippen molar-refractivity contribution in [3.63, 3.8) is 0 Å². The largest absolute Gasteiger partial charge is 0.477 e. The van der Waals surface area contributed by atoms with Crippen LogP contribution in [0.4, 0.5) is 10.1 Å². The number of hydrogen-bond acceptors (Lipinski definition) is 4. The van der Waals surface area contributed by atoms with Gasteiger partial charge in [0.1, 0.15) is 16.4 Å². The van der Waals surface area contributed by atoms with Crippen LogP contribution in [0.3, 0.4) is 0 Å². The maximum atomic E-state index is 13.4. The number of hydrogen-bond donors (Lipinski definition) is 2. The Bertz CT molecular complexity index is 744. The van der Waals surface area contributed by atoms with E-state index in [0.29, 0.717) is 0 Å². The van der Waals surface area contributed by atoms with Gasteiger partial charge in [-0.25, -0.2) is 22.6 Å². The summed E-state index contributed by atoms with van der Waals surface area (Å²) in [6.45, 7) is 0. The van der Waals surface area contributed by atoms with Crippen LogP contribution in [0.25, 0.3) is 0 Å². The van der Waals surface area contributed by atoms with Gasteiger partial charge in [0.2, 0.25) is 0 Å². The first-order valence-electron chi connectivity index (χ1n) is 5.37. The molecule has 0 atom stereocenters. The molecule has 2 N–H and O–H groups in total. The Morgan fingerprint density at radius 2 is 1.90 bits per heavy atom. The van der Waals surface area contributed by atoms with Gasteiger partial charge in [-0.2, -0.15) is 0 Å². The summed E-state index contributed by atoms with van der Waals surface area (Å²) in [7, 11) is -4.09. The quantitative estimate of drug-likeness (QED) is 0.895. The van der Waals surface area contributed by atoms with Gasteiger partial charge in [-0.1, -0.05) is 12.1 Å². The van der Waals surface area contributed by atoms with Gasteiger partial charge >= 0.3 is 5.97 Å². The standard InChI is InChI=1S/C12H9FN2O4S/c13-9-3-1-2-4-11(9)20(18,19)15-8-5-6-10(12(16)17)14-7-8/h1-7,15H,(H,16,17). The van der Waals surface area contributed by atoms with Crippen LogP contribution >= 0.6 is 0 Å². The first-order chi connectivity index (χ1) is 9.40. The smallest absolute Gasteiger partial charge is 0.354 e. The minimum atomic E-state index is -4.09. The number of aromatic carboxylic acids is 1. The number of halogens is 1. The topological polar surface area (TPSA) is 96.4 Å². The Labute approximate surface area is 114 Å². The van der Waals surface area contributed by atoms with Crippen LogP contribution in [-0.4, -0.2) is 24.5 Å². The highest BCUT2D eigenvalue weighted by atomic mass is 32.2. The van der Waals surface area contributed by atoms with Crippen molar-refractivity contribution in [1.82, 2.24) is 4.98 Å². The van der Waals surface area contributed by atoms with Gasteiger partial charge in [0, 0.05) is 0 Å². The Kier molecular flexibility index (Phi) is 3.66. The number of rotatable bonds is 4. The highest BCUT2D eigenvalue weighted by molar-refractivity contribution is 7.92. The van der Waals surface area contributed by atoms with Gasteiger partial charge in [-0.3, -0.25) is 4.72 Å². The number of carbonyl (C=O) groups is 1. The Hall–Kier alpha value is -2.48. The van der Waals surface area contributed by atoms with Crippen molar-refractivity contribution < 1.29 is 22.7 Å². The third-order valence-corrected chi connectivity index (χ3v) is 3.78. The van der Waals surface area contributed by atoms with E-state index in [0.717, 1.165) is 24.4 Å². The van der Waals surface area contributed by atoms with Gasteiger partial charge in [-0.05, 0) is 24.3 Å². The molecule has 2 rings (SSSR count). The van der Waals surface area contributed by atoms with Gasteiger partial charge in [-0.15, -0.1) is 0 Å². The van der Waals surface area contributed by atoms with Crippen LogP contribution in [0.1, 0.15) is 10.5 Å². The van der Waals surface area contributed by atoms with Gasteiger partial charge < -0.3 is 5.11 Å². The van der Waals surface area contributed by atoms with Crippen LogP contribution in [0.2, 0.25) is 0 Å². The zero-order valence-corrected chi connectivity index (χ0v) is 10.8. The Morgan fingerprint density at radius 1 is 1.20 bits per heavy atom. The van der Waals surface area contributed by atoms with E-state index in [1.54, 1.807) is 0 Å². The minimum absolute atomic E-state index is 0.0400. The molecule has 8 heteroatoms. The number of aromatic nitrogens is 1. The molecule has 0 unspecified atom stereocenters. The maximum absolute atomic E-state index is 13.4. The highest BCUT2D eigenvalue weighted by Crippen LogP contribution is 2.18. The summed E-state index contributed by atoms with van der Waals surface area (Å²) in [6.07, 6.45) is 1.04. The molecule has 1 aromatic carbocycles. The number of carboxylic acid groups (broad SMARTS) is 1. The van der Waals surface area contributed by atoms with Crippen molar-refractivity contribution in [3.8, 4) is 0 Å². The fraction of sp³-hybridized carbons (Fsp3) is 0. The lowest BCUT2D eigenvalue weighted by Crippen LogP contribution is -2.15. The molecule has 0 saturated heterocycles. The molecule has 0 saturated carbocycles. The molecular weight excluding hydrogens is 287 g/mol. The summed E-state index contributed by atoms with van der Waals surface area (Å²) < 4.78 is 39.5. The number of nitrogens with zero attached hydrogens (tertiary/aromatic N) is 1. The van der Waals surface area contributed by atoms with Crippen LogP contribution in [0, 0.1) is 5.82 Å². The lowest BCUT2D eigenvalue weighted by atomic mass is 10.3. The molecule has 6 nitrogen and oxygen atoms in total. The number of carboxylic acids is 1. The van der Waals surface area contributed by atoms with Crippen molar-refractivity contribution >= 4 is 21.7 Å². The van der Waals surface area contributed by atoms with E-state index < -0.39 is 26.7 Å². The third kappa shape index (κ3) is 2.91. The summed E-state index contributed by atoms with van der Waals surface area (Å²) in [5.41, 5.74) is -0.183. The predicted octanol–water partition coefficient (Wildman–Crippen LogP) is 1.72. The number of nitrogens with one attached hydrogen (secondary N) is 1. The number of pyridine rings is 1. The summed E-state index contributed by atoms with van der Waals surface area (Å²) >= 11 is 0. The zero-order chi connectivity index (χ0) is 14.8. The molecule has 0 amide bonds. The van der Waals surface area contributed by atoms with E-state index in [-0.39, 0.29) is 11.4 Å². The molecule has 0 aliphatic carbocycles. The van der Waals surface area contributed by atoms with Crippen molar-refractivity contribution in [2.75, 3.05) is 4.72 Å². The molecule has 0 radical (unpaired) electrons. The summed E-state index contributed by atoms with van der Waals surface area (Å²) in [5.74, 6) is -2.11. The molecule has 0 spiro atoms. The minimum Gasteiger partial charge on any atom is -0.477 e. The van der Waals surface area contributed by atoms with E-state index in [9.17, 15) is 17.6 Å². The molecule has 2 aromatic rings. The van der Waals surface area contributed by atoms with Gasteiger partial charge in [0.05, 0.1) is 11.9 Å². The van der Waals surface area contributed by atoms with Crippen LogP contribution in [0.5, 0.6) is 0 Å². The number of sulfonamides is 1. The third-order valence-electron chi connectivity index (χ3n) is 2.36. The van der Waals surface area contributed by atoms with Crippen LogP contribution < -0.4 is 4.72 Å². The molecule has 1 heterocycles. The fourth-order valence-corrected chi connectivity index (χ4v) is 2.58. The van der Waals surface area contributed by atoms with Crippen LogP contribution in [-0.2, 0) is 10.0 Å². The average molecular weight is 296 g/mol. The summed E-state index contributed by atoms with van der Waals surface area (Å²) in [4.78, 5) is 13.7. The SMILES string of the molecule is O=C(O)c1ccc(NS(=O)(=O)c2ccccc2F)cn1. The van der Waals surface area contributed by atoms with Gasteiger partial charge in [0.25, 0.3) is 10.0 Å². The fourth-order valence-electron chi connectivity index (χ4n) is 1.45. The molecule has 104 valence electrons. The second kappa shape index (κ2) is 5.25. The lowest BCUT2D eigenvalue weighted by Gasteiger charge is -2.08. The maximum Gasteiger partial charge on any atom is 0.354 e. The first-order valence-corrected chi connectivity index (χ1v) is 6.85.